The van der Waals surface area contributed by atoms with E-state index in [-0.39, 0.29) is 6.10 Å². The maximum atomic E-state index is 5.88. The molecule has 1 saturated heterocycles. The van der Waals surface area contributed by atoms with E-state index in [9.17, 15) is 0 Å². The molecule has 5 heteroatoms. The average molecular weight is 225 g/mol. The maximum absolute atomic E-state index is 5.88. The van der Waals surface area contributed by atoms with Gasteiger partial charge in [0.2, 0.25) is 5.89 Å². The van der Waals surface area contributed by atoms with E-state index < -0.39 is 5.54 Å². The molecule has 16 heavy (non-hydrogen) atoms. The summed E-state index contributed by atoms with van der Waals surface area (Å²) in [6, 6.07) is 0. The molecule has 1 aromatic rings. The molecule has 0 bridgehead atoms. The van der Waals surface area contributed by atoms with Crippen LogP contribution in [0.2, 0.25) is 0 Å². The molecular formula is C11H19N3O2. The van der Waals surface area contributed by atoms with Gasteiger partial charge in [-0.2, -0.15) is 4.98 Å². The number of aromatic nitrogens is 2. The quantitative estimate of drug-likeness (QED) is 0.841. The van der Waals surface area contributed by atoms with Crippen molar-refractivity contribution in [1.82, 2.24) is 10.1 Å². The molecular weight excluding hydrogens is 206 g/mol. The van der Waals surface area contributed by atoms with Crippen LogP contribution in [0.15, 0.2) is 4.52 Å². The molecule has 1 aliphatic rings. The fourth-order valence-electron chi connectivity index (χ4n) is 1.77. The Balaban J connectivity index is 1.97. The van der Waals surface area contributed by atoms with Crippen LogP contribution in [0.1, 0.15) is 44.8 Å². The monoisotopic (exact) mass is 225 g/mol. The number of nitrogens with zero attached hydrogens (tertiary/aromatic N) is 2. The summed E-state index contributed by atoms with van der Waals surface area (Å²) in [4.78, 5) is 4.29. The first-order valence-electron chi connectivity index (χ1n) is 5.79. The average Bonchev–Trinajstić information content (AvgIpc) is 2.67. The normalized spacial score (nSPS) is 22.3. The van der Waals surface area contributed by atoms with E-state index >= 15 is 0 Å². The second-order valence-corrected chi connectivity index (χ2v) is 4.93. The summed E-state index contributed by atoms with van der Waals surface area (Å²) in [7, 11) is 0. The molecule has 1 atom stereocenters. The molecule has 1 aromatic heterocycles. The number of ether oxygens (including phenoxy) is 1. The Hall–Kier alpha value is -0.940. The molecule has 90 valence electrons. The van der Waals surface area contributed by atoms with Gasteiger partial charge in [0.25, 0.3) is 0 Å². The third-order valence-electron chi connectivity index (χ3n) is 2.70. The SMILES string of the molecule is CC(C)(N)c1nc(CC2CCCCO2)no1. The lowest BCUT2D eigenvalue weighted by atomic mass is 10.1. The van der Waals surface area contributed by atoms with Crippen LogP contribution in [0.4, 0.5) is 0 Å². The van der Waals surface area contributed by atoms with Crippen LogP contribution in [0.25, 0.3) is 0 Å². The highest BCUT2D eigenvalue weighted by Gasteiger charge is 2.24. The first kappa shape index (κ1) is 11.5. The zero-order valence-electron chi connectivity index (χ0n) is 9.90. The molecule has 0 aromatic carbocycles. The summed E-state index contributed by atoms with van der Waals surface area (Å²) in [5.41, 5.74) is 5.30. The van der Waals surface area contributed by atoms with Crippen molar-refractivity contribution in [1.29, 1.82) is 0 Å². The van der Waals surface area contributed by atoms with Crippen molar-refractivity contribution in [2.45, 2.75) is 51.2 Å². The van der Waals surface area contributed by atoms with Crippen LogP contribution in [-0.4, -0.2) is 22.9 Å². The van der Waals surface area contributed by atoms with Crippen LogP contribution < -0.4 is 5.73 Å². The predicted octanol–water partition coefficient (Wildman–Crippen LogP) is 1.38. The Morgan fingerprint density at radius 2 is 2.25 bits per heavy atom. The molecule has 0 radical (unpaired) electrons. The second kappa shape index (κ2) is 4.51. The lowest BCUT2D eigenvalue weighted by Crippen LogP contribution is -2.29. The van der Waals surface area contributed by atoms with Gasteiger partial charge in [0.05, 0.1) is 11.6 Å². The molecule has 1 aliphatic heterocycles. The van der Waals surface area contributed by atoms with Crippen LogP contribution in [-0.2, 0) is 16.7 Å². The number of rotatable bonds is 3. The van der Waals surface area contributed by atoms with Gasteiger partial charge in [-0.25, -0.2) is 0 Å². The van der Waals surface area contributed by atoms with Crippen LogP contribution >= 0.6 is 0 Å². The van der Waals surface area contributed by atoms with Gasteiger partial charge in [-0.15, -0.1) is 0 Å². The van der Waals surface area contributed by atoms with Crippen LogP contribution in [0, 0.1) is 0 Å². The van der Waals surface area contributed by atoms with E-state index in [1.54, 1.807) is 0 Å². The van der Waals surface area contributed by atoms with Gasteiger partial charge >= 0.3 is 0 Å². The van der Waals surface area contributed by atoms with E-state index in [4.69, 9.17) is 15.0 Å². The minimum absolute atomic E-state index is 0.236. The summed E-state index contributed by atoms with van der Waals surface area (Å²) < 4.78 is 10.8. The van der Waals surface area contributed by atoms with Gasteiger partial charge in [0, 0.05) is 13.0 Å². The molecule has 5 nitrogen and oxygen atoms in total. The molecule has 2 heterocycles. The topological polar surface area (TPSA) is 74.2 Å². The standard InChI is InChI=1S/C11H19N3O2/c1-11(2,12)10-13-9(14-16-10)7-8-5-3-4-6-15-8/h8H,3-7,12H2,1-2H3. The second-order valence-electron chi connectivity index (χ2n) is 4.93. The van der Waals surface area contributed by atoms with Gasteiger partial charge in [-0.1, -0.05) is 5.16 Å². The lowest BCUT2D eigenvalue weighted by Gasteiger charge is -2.20. The predicted molar refractivity (Wildman–Crippen MR) is 58.8 cm³/mol. The van der Waals surface area contributed by atoms with Crippen molar-refractivity contribution >= 4 is 0 Å². The molecule has 0 aliphatic carbocycles. The fraction of sp³-hybridized carbons (Fsp3) is 0.818. The van der Waals surface area contributed by atoms with Crippen molar-refractivity contribution in [2.75, 3.05) is 6.61 Å². The van der Waals surface area contributed by atoms with Crippen molar-refractivity contribution < 1.29 is 9.26 Å². The van der Waals surface area contributed by atoms with E-state index in [2.05, 4.69) is 10.1 Å². The van der Waals surface area contributed by atoms with Gasteiger partial charge in [0.1, 0.15) is 0 Å². The molecule has 2 rings (SSSR count). The van der Waals surface area contributed by atoms with E-state index in [1.807, 2.05) is 13.8 Å². The molecule has 2 N–H and O–H groups in total. The van der Waals surface area contributed by atoms with E-state index in [0.717, 1.165) is 25.9 Å². The highest BCUT2D eigenvalue weighted by Crippen LogP contribution is 2.18. The maximum Gasteiger partial charge on any atom is 0.246 e. The molecule has 0 spiro atoms. The Kier molecular flexibility index (Phi) is 3.25. The van der Waals surface area contributed by atoms with Crippen molar-refractivity contribution in [3.05, 3.63) is 11.7 Å². The summed E-state index contributed by atoms with van der Waals surface area (Å²) in [5, 5.41) is 3.93. The van der Waals surface area contributed by atoms with Crippen LogP contribution in [0.3, 0.4) is 0 Å². The van der Waals surface area contributed by atoms with Crippen molar-refractivity contribution in [3.63, 3.8) is 0 Å². The zero-order valence-corrected chi connectivity index (χ0v) is 9.90. The smallest absolute Gasteiger partial charge is 0.246 e. The summed E-state index contributed by atoms with van der Waals surface area (Å²) in [6.07, 6.45) is 4.41. The minimum Gasteiger partial charge on any atom is -0.378 e. The first-order valence-corrected chi connectivity index (χ1v) is 5.79. The molecule has 1 fully saturated rings. The van der Waals surface area contributed by atoms with Crippen LogP contribution in [0.5, 0.6) is 0 Å². The Bertz CT molecular complexity index is 337. The number of hydrogen-bond acceptors (Lipinski definition) is 5. The number of hydrogen-bond donors (Lipinski definition) is 1. The summed E-state index contributed by atoms with van der Waals surface area (Å²) >= 11 is 0. The Labute approximate surface area is 95.3 Å². The number of nitrogens with two attached hydrogens (primary N) is 1. The van der Waals surface area contributed by atoms with E-state index in [0.29, 0.717) is 11.7 Å². The Morgan fingerprint density at radius 3 is 2.81 bits per heavy atom. The minimum atomic E-state index is -0.571. The molecule has 0 amide bonds. The van der Waals surface area contributed by atoms with Gasteiger partial charge in [-0.05, 0) is 33.1 Å². The van der Waals surface area contributed by atoms with E-state index in [1.165, 1.54) is 6.42 Å². The molecule has 1 unspecified atom stereocenters. The van der Waals surface area contributed by atoms with Crippen molar-refractivity contribution in [3.8, 4) is 0 Å². The highest BCUT2D eigenvalue weighted by molar-refractivity contribution is 4.98. The van der Waals surface area contributed by atoms with Gasteiger partial charge in [-0.3, -0.25) is 0 Å². The third kappa shape index (κ3) is 2.80. The summed E-state index contributed by atoms with van der Waals surface area (Å²) in [5.74, 6) is 1.18. The third-order valence-corrected chi connectivity index (χ3v) is 2.70. The fourth-order valence-corrected chi connectivity index (χ4v) is 1.77. The lowest BCUT2D eigenvalue weighted by molar-refractivity contribution is 0.0153. The summed E-state index contributed by atoms with van der Waals surface area (Å²) in [6.45, 7) is 4.54. The first-order chi connectivity index (χ1) is 7.55. The van der Waals surface area contributed by atoms with Crippen molar-refractivity contribution in [2.24, 2.45) is 5.73 Å². The van der Waals surface area contributed by atoms with Gasteiger partial charge in [0.15, 0.2) is 5.82 Å². The highest BCUT2D eigenvalue weighted by atomic mass is 16.5. The Morgan fingerprint density at radius 1 is 1.44 bits per heavy atom. The zero-order chi connectivity index (χ0) is 11.6. The van der Waals surface area contributed by atoms with Gasteiger partial charge < -0.3 is 15.0 Å². The largest absolute Gasteiger partial charge is 0.378 e. The molecule has 0 saturated carbocycles.